The van der Waals surface area contributed by atoms with Crippen molar-refractivity contribution in [2.24, 2.45) is 0 Å². The summed E-state index contributed by atoms with van der Waals surface area (Å²) >= 11 is 3.41. The average Bonchev–Trinajstić information content (AvgIpc) is 2.53. The molecular weight excluding hydrogens is 330 g/mol. The summed E-state index contributed by atoms with van der Waals surface area (Å²) in [5.41, 5.74) is 2.16. The Balaban J connectivity index is 2.23. The van der Waals surface area contributed by atoms with E-state index in [1.54, 1.807) is 19.5 Å². The van der Waals surface area contributed by atoms with Gasteiger partial charge in [0, 0.05) is 40.6 Å². The summed E-state index contributed by atoms with van der Waals surface area (Å²) in [6.45, 7) is 3.11. The predicted octanol–water partition coefficient (Wildman–Crippen LogP) is 3.53. The Morgan fingerprint density at radius 3 is 2.81 bits per heavy atom. The molecule has 5 heteroatoms. The largest absolute Gasteiger partial charge is 0.495 e. The number of nitrogens with zero attached hydrogens (tertiary/aromatic N) is 2. The van der Waals surface area contributed by atoms with Gasteiger partial charge in [-0.15, -0.1) is 0 Å². The van der Waals surface area contributed by atoms with Gasteiger partial charge >= 0.3 is 0 Å². The quantitative estimate of drug-likeness (QED) is 0.830. The Bertz CT molecular complexity index is 560. The van der Waals surface area contributed by atoms with E-state index in [4.69, 9.17) is 4.74 Å². The van der Waals surface area contributed by atoms with Crippen LogP contribution >= 0.6 is 15.9 Å². The van der Waals surface area contributed by atoms with Crippen molar-refractivity contribution in [1.29, 1.82) is 0 Å². The van der Waals surface area contributed by atoms with Crippen molar-refractivity contribution in [3.63, 3.8) is 0 Å². The zero-order valence-electron chi connectivity index (χ0n) is 12.3. The molecule has 4 nitrogen and oxygen atoms in total. The van der Waals surface area contributed by atoms with Gasteiger partial charge < -0.3 is 10.1 Å². The fourth-order valence-electron chi connectivity index (χ4n) is 2.20. The minimum Gasteiger partial charge on any atom is -0.495 e. The molecule has 0 aliphatic heterocycles. The van der Waals surface area contributed by atoms with E-state index < -0.39 is 0 Å². The lowest BCUT2D eigenvalue weighted by molar-refractivity contribution is 0.395. The van der Waals surface area contributed by atoms with E-state index in [9.17, 15) is 0 Å². The van der Waals surface area contributed by atoms with Crippen LogP contribution < -0.4 is 10.1 Å². The summed E-state index contributed by atoms with van der Waals surface area (Å²) in [6, 6.07) is 6.23. The lowest BCUT2D eigenvalue weighted by Gasteiger charge is -2.20. The first-order valence-corrected chi connectivity index (χ1v) is 7.85. The van der Waals surface area contributed by atoms with Crippen LogP contribution in [0.25, 0.3) is 0 Å². The minimum atomic E-state index is 0.163. The van der Waals surface area contributed by atoms with Gasteiger partial charge in [-0.1, -0.05) is 6.92 Å². The van der Waals surface area contributed by atoms with Crippen molar-refractivity contribution in [1.82, 2.24) is 15.3 Å². The standard InChI is InChI=1S/C16H20BrN3O/c1-3-7-19-15(9-13-5-4-12(17)10-20-13)14-6-8-18-11-16(14)21-2/h4-6,8,10-11,15,19H,3,7,9H2,1-2H3. The van der Waals surface area contributed by atoms with Crippen LogP contribution in [0.1, 0.15) is 30.6 Å². The molecule has 112 valence electrons. The average molecular weight is 350 g/mol. The fourth-order valence-corrected chi connectivity index (χ4v) is 2.43. The van der Waals surface area contributed by atoms with Crippen LogP contribution in [0.4, 0.5) is 0 Å². The Hall–Kier alpha value is -1.46. The zero-order chi connectivity index (χ0) is 15.1. The second kappa shape index (κ2) is 8.10. The second-order valence-electron chi connectivity index (χ2n) is 4.80. The monoisotopic (exact) mass is 349 g/mol. The van der Waals surface area contributed by atoms with E-state index in [-0.39, 0.29) is 6.04 Å². The van der Waals surface area contributed by atoms with Gasteiger partial charge in [-0.25, -0.2) is 0 Å². The van der Waals surface area contributed by atoms with Crippen molar-refractivity contribution in [2.45, 2.75) is 25.8 Å². The maximum absolute atomic E-state index is 5.43. The maximum atomic E-state index is 5.43. The first kappa shape index (κ1) is 15.9. The molecule has 0 spiro atoms. The molecule has 0 aliphatic rings. The van der Waals surface area contributed by atoms with Crippen LogP contribution in [0.15, 0.2) is 41.3 Å². The minimum absolute atomic E-state index is 0.163. The number of rotatable bonds is 7. The molecule has 2 rings (SSSR count). The molecule has 2 heterocycles. The third-order valence-electron chi connectivity index (χ3n) is 3.25. The smallest absolute Gasteiger partial charge is 0.141 e. The summed E-state index contributed by atoms with van der Waals surface area (Å²) in [6.07, 6.45) is 7.28. The van der Waals surface area contributed by atoms with Gasteiger partial charge in [-0.2, -0.15) is 0 Å². The number of pyridine rings is 2. The first-order chi connectivity index (χ1) is 10.2. The highest BCUT2D eigenvalue weighted by molar-refractivity contribution is 9.10. The van der Waals surface area contributed by atoms with Crippen molar-refractivity contribution in [3.05, 3.63) is 52.5 Å². The molecular formula is C16H20BrN3O. The molecule has 0 saturated carbocycles. The van der Waals surface area contributed by atoms with Crippen molar-refractivity contribution >= 4 is 15.9 Å². The summed E-state index contributed by atoms with van der Waals surface area (Å²) in [7, 11) is 1.68. The maximum Gasteiger partial charge on any atom is 0.141 e. The predicted molar refractivity (Wildman–Crippen MR) is 87.5 cm³/mol. The lowest BCUT2D eigenvalue weighted by atomic mass is 10.0. The number of ether oxygens (including phenoxy) is 1. The van der Waals surface area contributed by atoms with E-state index in [2.05, 4.69) is 38.1 Å². The van der Waals surface area contributed by atoms with Crippen LogP contribution in [0, 0.1) is 0 Å². The highest BCUT2D eigenvalue weighted by Crippen LogP contribution is 2.26. The molecule has 21 heavy (non-hydrogen) atoms. The van der Waals surface area contributed by atoms with E-state index in [0.29, 0.717) is 0 Å². The van der Waals surface area contributed by atoms with E-state index in [0.717, 1.165) is 40.9 Å². The summed E-state index contributed by atoms with van der Waals surface area (Å²) in [5, 5.41) is 3.56. The Morgan fingerprint density at radius 2 is 2.14 bits per heavy atom. The van der Waals surface area contributed by atoms with Crippen LogP contribution in [-0.2, 0) is 6.42 Å². The molecule has 2 aromatic heterocycles. The normalized spacial score (nSPS) is 12.1. The fraction of sp³-hybridized carbons (Fsp3) is 0.375. The van der Waals surface area contributed by atoms with E-state index in [1.807, 2.05) is 24.4 Å². The van der Waals surface area contributed by atoms with Crippen LogP contribution in [0.5, 0.6) is 5.75 Å². The molecule has 0 amide bonds. The number of hydrogen-bond donors (Lipinski definition) is 1. The first-order valence-electron chi connectivity index (χ1n) is 7.06. The van der Waals surface area contributed by atoms with E-state index in [1.165, 1.54) is 0 Å². The highest BCUT2D eigenvalue weighted by Gasteiger charge is 2.16. The van der Waals surface area contributed by atoms with Gasteiger partial charge in [0.05, 0.1) is 13.3 Å². The number of methoxy groups -OCH3 is 1. The summed E-state index contributed by atoms with van der Waals surface area (Å²) in [5.74, 6) is 0.809. The van der Waals surface area contributed by atoms with Crippen LogP contribution in [0.2, 0.25) is 0 Å². The third kappa shape index (κ3) is 4.51. The Morgan fingerprint density at radius 1 is 1.29 bits per heavy atom. The van der Waals surface area contributed by atoms with Gasteiger partial charge in [-0.3, -0.25) is 9.97 Å². The Labute approximate surface area is 134 Å². The molecule has 2 aromatic rings. The van der Waals surface area contributed by atoms with Crippen LogP contribution in [-0.4, -0.2) is 23.6 Å². The van der Waals surface area contributed by atoms with E-state index >= 15 is 0 Å². The Kier molecular flexibility index (Phi) is 6.14. The molecule has 0 radical (unpaired) electrons. The number of nitrogens with one attached hydrogen (secondary N) is 1. The molecule has 1 atom stereocenters. The summed E-state index contributed by atoms with van der Waals surface area (Å²) in [4.78, 5) is 8.59. The van der Waals surface area contributed by atoms with Crippen molar-refractivity contribution < 1.29 is 4.74 Å². The van der Waals surface area contributed by atoms with Gasteiger partial charge in [-0.05, 0) is 47.1 Å². The molecule has 0 aliphatic carbocycles. The molecule has 0 fully saturated rings. The highest BCUT2D eigenvalue weighted by atomic mass is 79.9. The van der Waals surface area contributed by atoms with Crippen LogP contribution in [0.3, 0.4) is 0 Å². The van der Waals surface area contributed by atoms with Gasteiger partial charge in [0.2, 0.25) is 0 Å². The molecule has 0 aromatic carbocycles. The SMILES string of the molecule is CCCNC(Cc1ccc(Br)cn1)c1ccncc1OC. The third-order valence-corrected chi connectivity index (χ3v) is 3.72. The van der Waals surface area contributed by atoms with Crippen molar-refractivity contribution in [2.75, 3.05) is 13.7 Å². The molecule has 1 unspecified atom stereocenters. The number of hydrogen-bond acceptors (Lipinski definition) is 4. The number of aromatic nitrogens is 2. The van der Waals surface area contributed by atoms with Gasteiger partial charge in [0.25, 0.3) is 0 Å². The van der Waals surface area contributed by atoms with Crippen molar-refractivity contribution in [3.8, 4) is 5.75 Å². The molecule has 1 N–H and O–H groups in total. The molecule has 0 bridgehead atoms. The van der Waals surface area contributed by atoms with Gasteiger partial charge in [0.15, 0.2) is 0 Å². The van der Waals surface area contributed by atoms with Gasteiger partial charge in [0.1, 0.15) is 5.75 Å². The zero-order valence-corrected chi connectivity index (χ0v) is 13.9. The second-order valence-corrected chi connectivity index (χ2v) is 5.71. The number of halogens is 1. The lowest BCUT2D eigenvalue weighted by Crippen LogP contribution is -2.25. The molecule has 0 saturated heterocycles. The summed E-state index contributed by atoms with van der Waals surface area (Å²) < 4.78 is 6.42. The topological polar surface area (TPSA) is 47.0 Å².